The molecule has 1 aromatic carbocycles. The molecule has 0 saturated heterocycles. The molecule has 8 heteroatoms. The topological polar surface area (TPSA) is 85.3 Å². The molecule has 3 rings (SSSR count). The molecular formula is C14H11BrN2O4S. The Morgan fingerprint density at radius 3 is 2.64 bits per heavy atom. The SMILES string of the molecule is Cc1cc(NS(=O)(=O)c2ccc(-c3ccno3)o2)ccc1Br. The predicted octanol–water partition coefficient (Wildman–Crippen LogP) is 3.81. The Labute approximate surface area is 135 Å². The van der Waals surface area contributed by atoms with Crippen molar-refractivity contribution in [2.24, 2.45) is 0 Å². The van der Waals surface area contributed by atoms with Gasteiger partial charge in [-0.2, -0.15) is 8.42 Å². The van der Waals surface area contributed by atoms with Crippen LogP contribution in [0.15, 0.2) is 61.1 Å². The number of nitrogens with zero attached hydrogens (tertiary/aromatic N) is 1. The molecule has 2 aromatic heterocycles. The summed E-state index contributed by atoms with van der Waals surface area (Å²) in [5, 5.41) is 3.36. The minimum atomic E-state index is -3.81. The quantitative estimate of drug-likeness (QED) is 0.741. The molecule has 0 aliphatic rings. The highest BCUT2D eigenvalue weighted by Gasteiger charge is 2.20. The van der Waals surface area contributed by atoms with Gasteiger partial charge >= 0.3 is 0 Å². The number of nitrogens with one attached hydrogen (secondary N) is 1. The summed E-state index contributed by atoms with van der Waals surface area (Å²) >= 11 is 3.37. The number of hydrogen-bond acceptors (Lipinski definition) is 5. The third-order valence-corrected chi connectivity index (χ3v) is 5.08. The molecule has 1 N–H and O–H groups in total. The highest BCUT2D eigenvalue weighted by atomic mass is 79.9. The molecule has 0 spiro atoms. The molecule has 0 aliphatic carbocycles. The van der Waals surface area contributed by atoms with Crippen molar-refractivity contribution in [3.05, 3.63) is 52.6 Å². The van der Waals surface area contributed by atoms with E-state index in [1.807, 2.05) is 6.92 Å². The minimum Gasteiger partial charge on any atom is -0.439 e. The lowest BCUT2D eigenvalue weighted by atomic mass is 10.2. The summed E-state index contributed by atoms with van der Waals surface area (Å²) in [6, 6.07) is 9.63. The summed E-state index contributed by atoms with van der Waals surface area (Å²) in [6.07, 6.45) is 1.45. The minimum absolute atomic E-state index is 0.195. The van der Waals surface area contributed by atoms with Gasteiger partial charge in [0.15, 0.2) is 5.76 Å². The largest absolute Gasteiger partial charge is 0.439 e. The van der Waals surface area contributed by atoms with Gasteiger partial charge in [0.1, 0.15) is 0 Å². The molecular weight excluding hydrogens is 372 g/mol. The van der Waals surface area contributed by atoms with E-state index in [1.54, 1.807) is 24.3 Å². The Balaban J connectivity index is 1.88. The normalized spacial score (nSPS) is 11.5. The maximum atomic E-state index is 12.3. The smallest absolute Gasteiger partial charge is 0.295 e. The Morgan fingerprint density at radius 2 is 1.95 bits per heavy atom. The second-order valence-electron chi connectivity index (χ2n) is 4.56. The van der Waals surface area contributed by atoms with Crippen molar-refractivity contribution >= 4 is 31.6 Å². The second-order valence-corrected chi connectivity index (χ2v) is 7.03. The summed E-state index contributed by atoms with van der Waals surface area (Å²) in [4.78, 5) is 0. The van der Waals surface area contributed by atoms with Gasteiger partial charge in [0.05, 0.1) is 6.20 Å². The molecule has 6 nitrogen and oxygen atoms in total. The van der Waals surface area contributed by atoms with Crippen molar-refractivity contribution in [2.45, 2.75) is 12.0 Å². The van der Waals surface area contributed by atoms with Crippen molar-refractivity contribution in [1.82, 2.24) is 5.16 Å². The van der Waals surface area contributed by atoms with Crippen LogP contribution in [0.2, 0.25) is 0 Å². The van der Waals surface area contributed by atoms with Gasteiger partial charge in [0.2, 0.25) is 10.9 Å². The van der Waals surface area contributed by atoms with Gasteiger partial charge in [-0.25, -0.2) is 0 Å². The van der Waals surface area contributed by atoms with Crippen molar-refractivity contribution in [1.29, 1.82) is 0 Å². The van der Waals surface area contributed by atoms with Crippen LogP contribution in [0, 0.1) is 6.92 Å². The fraction of sp³-hybridized carbons (Fsp3) is 0.0714. The monoisotopic (exact) mass is 382 g/mol. The Hall–Kier alpha value is -2.06. The van der Waals surface area contributed by atoms with E-state index in [2.05, 4.69) is 25.8 Å². The number of rotatable bonds is 4. The average Bonchev–Trinajstić information content (AvgIpc) is 3.12. The Bertz CT molecular complexity index is 901. The van der Waals surface area contributed by atoms with E-state index in [1.165, 1.54) is 18.3 Å². The molecule has 0 radical (unpaired) electrons. The van der Waals surface area contributed by atoms with E-state index < -0.39 is 10.0 Å². The number of benzene rings is 1. The van der Waals surface area contributed by atoms with Crippen LogP contribution in [-0.4, -0.2) is 13.6 Å². The lowest BCUT2D eigenvalue weighted by molar-refractivity contribution is 0.401. The zero-order valence-electron chi connectivity index (χ0n) is 11.4. The molecule has 0 amide bonds. The maximum absolute atomic E-state index is 12.3. The van der Waals surface area contributed by atoms with Crippen LogP contribution in [0.1, 0.15) is 5.56 Å². The van der Waals surface area contributed by atoms with E-state index in [4.69, 9.17) is 8.94 Å². The summed E-state index contributed by atoms with van der Waals surface area (Å²) in [7, 11) is -3.81. The van der Waals surface area contributed by atoms with Gasteiger partial charge in [-0.15, -0.1) is 0 Å². The lowest BCUT2D eigenvalue weighted by Crippen LogP contribution is -2.12. The van der Waals surface area contributed by atoms with Crippen LogP contribution < -0.4 is 4.72 Å². The molecule has 3 aromatic rings. The van der Waals surface area contributed by atoms with Crippen molar-refractivity contribution in [2.75, 3.05) is 4.72 Å². The number of hydrogen-bond donors (Lipinski definition) is 1. The molecule has 0 bridgehead atoms. The van der Waals surface area contributed by atoms with Crippen LogP contribution in [0.25, 0.3) is 11.5 Å². The number of sulfonamides is 1. The van der Waals surface area contributed by atoms with E-state index in [-0.39, 0.29) is 5.09 Å². The summed E-state index contributed by atoms with van der Waals surface area (Å²) in [5.41, 5.74) is 1.38. The van der Waals surface area contributed by atoms with Crippen molar-refractivity contribution < 1.29 is 17.4 Å². The second kappa shape index (κ2) is 5.62. The molecule has 0 fully saturated rings. The van der Waals surface area contributed by atoms with Gasteiger partial charge in [-0.3, -0.25) is 4.72 Å². The molecule has 22 heavy (non-hydrogen) atoms. The van der Waals surface area contributed by atoms with E-state index >= 15 is 0 Å². The molecule has 0 saturated carbocycles. The first-order chi connectivity index (χ1) is 10.5. The zero-order valence-corrected chi connectivity index (χ0v) is 13.8. The van der Waals surface area contributed by atoms with Gasteiger partial charge < -0.3 is 8.94 Å². The molecule has 114 valence electrons. The predicted molar refractivity (Wildman–Crippen MR) is 83.9 cm³/mol. The number of furan rings is 1. The van der Waals surface area contributed by atoms with Crippen molar-refractivity contribution in [3.63, 3.8) is 0 Å². The van der Waals surface area contributed by atoms with E-state index in [0.717, 1.165) is 10.0 Å². The summed E-state index contributed by atoms with van der Waals surface area (Å²) < 4.78 is 38.3. The van der Waals surface area contributed by atoms with Gasteiger partial charge in [-0.1, -0.05) is 21.1 Å². The van der Waals surface area contributed by atoms with Gasteiger partial charge in [-0.05, 0) is 42.8 Å². The summed E-state index contributed by atoms with van der Waals surface area (Å²) in [6.45, 7) is 1.87. The molecule has 0 unspecified atom stereocenters. The first-order valence-electron chi connectivity index (χ1n) is 6.25. The van der Waals surface area contributed by atoms with Crippen LogP contribution in [0.3, 0.4) is 0 Å². The van der Waals surface area contributed by atoms with E-state index in [9.17, 15) is 8.42 Å². The lowest BCUT2D eigenvalue weighted by Gasteiger charge is -2.07. The third kappa shape index (κ3) is 2.93. The number of aryl methyl sites for hydroxylation is 1. The number of halogens is 1. The fourth-order valence-corrected chi connectivity index (χ4v) is 3.08. The van der Waals surface area contributed by atoms with Crippen LogP contribution >= 0.6 is 15.9 Å². The summed E-state index contributed by atoms with van der Waals surface area (Å²) in [5.74, 6) is 0.658. The molecule has 0 atom stereocenters. The number of aromatic nitrogens is 1. The van der Waals surface area contributed by atoms with Gasteiger partial charge in [0, 0.05) is 16.2 Å². The molecule has 0 aliphatic heterocycles. The first-order valence-corrected chi connectivity index (χ1v) is 8.53. The third-order valence-electron chi connectivity index (χ3n) is 2.94. The number of anilines is 1. The highest BCUT2D eigenvalue weighted by molar-refractivity contribution is 9.10. The van der Waals surface area contributed by atoms with E-state index in [0.29, 0.717) is 17.2 Å². The fourth-order valence-electron chi connectivity index (χ4n) is 1.85. The average molecular weight is 383 g/mol. The van der Waals surface area contributed by atoms with Crippen LogP contribution in [0.4, 0.5) is 5.69 Å². The zero-order chi connectivity index (χ0) is 15.7. The Morgan fingerprint density at radius 1 is 1.14 bits per heavy atom. The van der Waals surface area contributed by atoms with Gasteiger partial charge in [0.25, 0.3) is 10.0 Å². The highest BCUT2D eigenvalue weighted by Crippen LogP contribution is 2.26. The van der Waals surface area contributed by atoms with Crippen molar-refractivity contribution in [3.8, 4) is 11.5 Å². The molecule has 2 heterocycles. The Kier molecular flexibility index (Phi) is 3.79. The van der Waals surface area contributed by atoms with Crippen LogP contribution in [-0.2, 0) is 10.0 Å². The maximum Gasteiger partial charge on any atom is 0.295 e. The standard InChI is InChI=1S/C14H11BrN2O4S/c1-9-8-10(2-3-11(9)15)17-22(18,19)14-5-4-12(20-14)13-6-7-16-21-13/h2-8,17H,1H3. The van der Waals surface area contributed by atoms with Crippen LogP contribution in [0.5, 0.6) is 0 Å². The first kappa shape index (κ1) is 14.9.